The van der Waals surface area contributed by atoms with E-state index in [0.717, 1.165) is 50.9 Å². The molecule has 2 fully saturated rings. The number of nitrogens with zero attached hydrogens (tertiary/aromatic N) is 2. The van der Waals surface area contributed by atoms with Crippen molar-refractivity contribution in [2.75, 3.05) is 19.6 Å². The topological polar surface area (TPSA) is 23.6 Å². The lowest BCUT2D eigenvalue weighted by atomic mass is 9.75. The monoisotopic (exact) mass is 382 g/mol. The Morgan fingerprint density at radius 1 is 1.04 bits per heavy atom. The highest BCUT2D eigenvalue weighted by Crippen LogP contribution is 2.43. The van der Waals surface area contributed by atoms with Crippen molar-refractivity contribution in [1.82, 2.24) is 9.80 Å². The van der Waals surface area contributed by atoms with Gasteiger partial charge in [-0.2, -0.15) is 13.2 Å². The van der Waals surface area contributed by atoms with E-state index < -0.39 is 11.7 Å². The van der Waals surface area contributed by atoms with Crippen molar-refractivity contribution < 1.29 is 18.0 Å². The number of hydrogen-bond donors (Lipinski definition) is 0. The Bertz CT molecular complexity index is 678. The van der Waals surface area contributed by atoms with Crippen molar-refractivity contribution in [2.45, 2.75) is 64.7 Å². The number of hydrogen-bond acceptors (Lipinski definition) is 2. The van der Waals surface area contributed by atoms with Crippen molar-refractivity contribution in [1.29, 1.82) is 0 Å². The molecule has 0 bridgehead atoms. The number of rotatable bonds is 3. The molecule has 2 saturated heterocycles. The van der Waals surface area contributed by atoms with Gasteiger partial charge in [-0.05, 0) is 55.7 Å². The first kappa shape index (κ1) is 20.2. The molecular weight excluding hydrogens is 353 g/mol. The van der Waals surface area contributed by atoms with Gasteiger partial charge in [0.1, 0.15) is 0 Å². The maximum absolute atomic E-state index is 13.1. The van der Waals surface area contributed by atoms with Gasteiger partial charge in [0.25, 0.3) is 0 Å². The Labute approximate surface area is 159 Å². The molecule has 6 heteroatoms. The standard InChI is InChI=1S/C21H29F3N2O/c1-19(2)10-13-26(20(3,15-19)25-11-4-5-12-25)18(27)14-16-6-8-17(9-7-16)21(22,23)24/h6-9H,4-5,10-15H2,1-3H3. The van der Waals surface area contributed by atoms with Gasteiger partial charge in [-0.3, -0.25) is 9.69 Å². The van der Waals surface area contributed by atoms with Crippen LogP contribution in [0.4, 0.5) is 13.2 Å². The fourth-order valence-corrected chi connectivity index (χ4v) is 4.70. The van der Waals surface area contributed by atoms with E-state index in [-0.39, 0.29) is 23.4 Å². The highest BCUT2D eigenvalue weighted by Gasteiger charge is 2.48. The molecule has 2 heterocycles. The molecule has 3 rings (SSSR count). The molecule has 2 aliphatic heterocycles. The number of amides is 1. The second-order valence-electron chi connectivity index (χ2n) is 8.92. The zero-order valence-corrected chi connectivity index (χ0v) is 16.4. The maximum atomic E-state index is 13.1. The first-order valence-electron chi connectivity index (χ1n) is 9.73. The van der Waals surface area contributed by atoms with Gasteiger partial charge in [-0.15, -0.1) is 0 Å². The summed E-state index contributed by atoms with van der Waals surface area (Å²) in [5.74, 6) is -0.000316. The summed E-state index contributed by atoms with van der Waals surface area (Å²) in [5, 5.41) is 0. The van der Waals surface area contributed by atoms with Crippen molar-refractivity contribution >= 4 is 5.91 Å². The fourth-order valence-electron chi connectivity index (χ4n) is 4.70. The first-order valence-corrected chi connectivity index (χ1v) is 9.73. The quantitative estimate of drug-likeness (QED) is 0.756. The number of benzene rings is 1. The van der Waals surface area contributed by atoms with Crippen LogP contribution in [0.2, 0.25) is 0 Å². The van der Waals surface area contributed by atoms with Crippen LogP contribution < -0.4 is 0 Å². The Morgan fingerprint density at radius 3 is 2.19 bits per heavy atom. The highest BCUT2D eigenvalue weighted by atomic mass is 19.4. The molecule has 27 heavy (non-hydrogen) atoms. The van der Waals surface area contributed by atoms with Gasteiger partial charge in [0.2, 0.25) is 5.91 Å². The maximum Gasteiger partial charge on any atom is 0.416 e. The largest absolute Gasteiger partial charge is 0.416 e. The molecule has 2 aliphatic rings. The summed E-state index contributed by atoms with van der Waals surface area (Å²) >= 11 is 0. The molecule has 0 aliphatic carbocycles. The van der Waals surface area contributed by atoms with Crippen LogP contribution in [0, 0.1) is 5.41 Å². The van der Waals surface area contributed by atoms with E-state index in [1.165, 1.54) is 12.1 Å². The van der Waals surface area contributed by atoms with E-state index in [2.05, 4.69) is 25.7 Å². The lowest BCUT2D eigenvalue weighted by molar-refractivity contribution is -0.156. The average Bonchev–Trinajstić information content (AvgIpc) is 3.08. The van der Waals surface area contributed by atoms with Gasteiger partial charge < -0.3 is 4.90 Å². The molecule has 1 atom stereocenters. The van der Waals surface area contributed by atoms with Gasteiger partial charge >= 0.3 is 6.18 Å². The number of alkyl halides is 3. The van der Waals surface area contributed by atoms with E-state index >= 15 is 0 Å². The number of likely N-dealkylation sites (tertiary alicyclic amines) is 2. The Hall–Kier alpha value is -1.56. The van der Waals surface area contributed by atoms with Crippen molar-refractivity contribution in [3.8, 4) is 0 Å². The number of carbonyl (C=O) groups excluding carboxylic acids is 1. The van der Waals surface area contributed by atoms with Crippen LogP contribution in [0.5, 0.6) is 0 Å². The molecular formula is C21H29F3N2O. The summed E-state index contributed by atoms with van der Waals surface area (Å²) in [6.45, 7) is 9.34. The molecule has 150 valence electrons. The van der Waals surface area contributed by atoms with Crippen LogP contribution >= 0.6 is 0 Å². The van der Waals surface area contributed by atoms with Crippen molar-refractivity contribution in [3.63, 3.8) is 0 Å². The predicted octanol–water partition coefficient (Wildman–Crippen LogP) is 4.71. The smallest absolute Gasteiger partial charge is 0.324 e. The highest BCUT2D eigenvalue weighted by molar-refractivity contribution is 5.79. The second kappa shape index (κ2) is 7.12. The lowest BCUT2D eigenvalue weighted by Gasteiger charge is -2.55. The summed E-state index contributed by atoms with van der Waals surface area (Å²) in [7, 11) is 0. The fraction of sp³-hybridized carbons (Fsp3) is 0.667. The van der Waals surface area contributed by atoms with Crippen LogP contribution in [0.3, 0.4) is 0 Å². The molecule has 0 N–H and O–H groups in total. The Balaban J connectivity index is 1.77. The van der Waals surface area contributed by atoms with Crippen molar-refractivity contribution in [2.24, 2.45) is 5.41 Å². The molecule has 0 aromatic heterocycles. The molecule has 0 saturated carbocycles. The summed E-state index contributed by atoms with van der Waals surface area (Å²) in [4.78, 5) is 17.5. The predicted molar refractivity (Wildman–Crippen MR) is 99.1 cm³/mol. The average molecular weight is 382 g/mol. The molecule has 1 unspecified atom stereocenters. The van der Waals surface area contributed by atoms with Crippen molar-refractivity contribution in [3.05, 3.63) is 35.4 Å². The van der Waals surface area contributed by atoms with Gasteiger partial charge in [0, 0.05) is 19.6 Å². The van der Waals surface area contributed by atoms with Crippen LogP contribution in [-0.4, -0.2) is 41.0 Å². The van der Waals surface area contributed by atoms with Crippen LogP contribution in [-0.2, 0) is 17.4 Å². The molecule has 1 amide bonds. The molecule has 3 nitrogen and oxygen atoms in total. The molecule has 1 aromatic rings. The molecule has 1 aromatic carbocycles. The SMILES string of the molecule is CC1(C)CCN(C(=O)Cc2ccc(C(F)(F)F)cc2)C(C)(N2CCCC2)C1. The minimum atomic E-state index is -4.35. The number of piperidine rings is 1. The van der Waals surface area contributed by atoms with E-state index in [1.807, 2.05) is 4.90 Å². The minimum absolute atomic E-state index is 0.000316. The zero-order chi connectivity index (χ0) is 19.9. The second-order valence-corrected chi connectivity index (χ2v) is 8.92. The Morgan fingerprint density at radius 2 is 1.63 bits per heavy atom. The number of halogens is 3. The third-order valence-electron chi connectivity index (χ3n) is 6.13. The molecule has 0 radical (unpaired) electrons. The van der Waals surface area contributed by atoms with E-state index in [4.69, 9.17) is 0 Å². The van der Waals surface area contributed by atoms with E-state index in [9.17, 15) is 18.0 Å². The summed E-state index contributed by atoms with van der Waals surface area (Å²) in [6.07, 6.45) is -0.0564. The van der Waals surface area contributed by atoms with Crippen LogP contribution in [0.1, 0.15) is 57.6 Å². The summed E-state index contributed by atoms with van der Waals surface area (Å²) in [5.41, 5.74) is -0.203. The minimum Gasteiger partial charge on any atom is -0.324 e. The normalized spacial score (nSPS) is 26.4. The lowest BCUT2D eigenvalue weighted by Crippen LogP contribution is -2.64. The van der Waals surface area contributed by atoms with Crippen LogP contribution in [0.15, 0.2) is 24.3 Å². The third kappa shape index (κ3) is 4.31. The zero-order valence-electron chi connectivity index (χ0n) is 16.4. The van der Waals surface area contributed by atoms with E-state index in [0.29, 0.717) is 12.1 Å². The van der Waals surface area contributed by atoms with E-state index in [1.54, 1.807) is 0 Å². The van der Waals surface area contributed by atoms with Crippen LogP contribution in [0.25, 0.3) is 0 Å². The number of carbonyl (C=O) groups is 1. The van der Waals surface area contributed by atoms with Gasteiger partial charge in [-0.25, -0.2) is 0 Å². The van der Waals surface area contributed by atoms with Gasteiger partial charge in [0.05, 0.1) is 17.6 Å². The summed E-state index contributed by atoms with van der Waals surface area (Å²) in [6, 6.07) is 4.95. The summed E-state index contributed by atoms with van der Waals surface area (Å²) < 4.78 is 38.2. The van der Waals surface area contributed by atoms with Gasteiger partial charge in [-0.1, -0.05) is 26.0 Å². The Kier molecular flexibility index (Phi) is 5.32. The third-order valence-corrected chi connectivity index (χ3v) is 6.13. The first-order chi connectivity index (χ1) is 12.5. The van der Waals surface area contributed by atoms with Gasteiger partial charge in [0.15, 0.2) is 0 Å². The molecule has 0 spiro atoms.